The van der Waals surface area contributed by atoms with Crippen molar-refractivity contribution in [1.29, 1.82) is 0 Å². The summed E-state index contributed by atoms with van der Waals surface area (Å²) in [7, 11) is 0. The van der Waals surface area contributed by atoms with Crippen LogP contribution in [0.1, 0.15) is 54.2 Å². The fraction of sp³-hybridized carbons (Fsp3) is 0.333. The van der Waals surface area contributed by atoms with Crippen LogP contribution in [0.5, 0.6) is 0 Å². The first-order valence-corrected chi connectivity index (χ1v) is 22.7. The zero-order valence-electron chi connectivity index (χ0n) is 40.4. The molecular weight excluding hydrogens is 1170 g/mol. The number of nitro groups is 3. The van der Waals surface area contributed by atoms with Gasteiger partial charge in [0.05, 0.1) is 65.0 Å². The maximum Gasteiger partial charge on any atom is 0.423 e. The smallest absolute Gasteiger partial charge is 0.381 e. The summed E-state index contributed by atoms with van der Waals surface area (Å²) in [6.45, 7) is 2.64. The lowest BCUT2D eigenvalue weighted by Gasteiger charge is -2.22. The Hall–Kier alpha value is -7.98. The Morgan fingerprint density at radius 1 is 0.544 bits per heavy atom. The molecule has 79 heavy (non-hydrogen) atoms. The van der Waals surface area contributed by atoms with Gasteiger partial charge in [-0.1, -0.05) is 34.1 Å². The largest absolute Gasteiger partial charge is 0.423 e. The minimum Gasteiger partial charge on any atom is -0.381 e. The maximum absolute atomic E-state index is 13.0. The van der Waals surface area contributed by atoms with Crippen LogP contribution in [0.15, 0.2) is 91.8 Å². The zero-order chi connectivity index (χ0) is 60.2. The number of carbonyl (C=O) groups is 3. The second-order valence-electron chi connectivity index (χ2n) is 17.2. The minimum atomic E-state index is -4.98. The number of halogens is 13. The molecule has 0 saturated carbocycles. The van der Waals surface area contributed by atoms with E-state index in [-0.39, 0.29) is 27.8 Å². The quantitative estimate of drug-likeness (QED) is 0.0288. The third kappa shape index (κ3) is 19.5. The van der Waals surface area contributed by atoms with E-state index in [1.807, 2.05) is 0 Å². The van der Waals surface area contributed by atoms with Crippen molar-refractivity contribution in [2.45, 2.75) is 88.5 Å². The number of nitrogens with one attached hydrogen (secondary N) is 1. The van der Waals surface area contributed by atoms with E-state index in [2.05, 4.69) is 36.3 Å². The summed E-state index contributed by atoms with van der Waals surface area (Å²) in [5.41, 5.74) is -13.9. The lowest BCUT2D eigenvalue weighted by Crippen LogP contribution is -2.41. The summed E-state index contributed by atoms with van der Waals surface area (Å²) >= 11 is 2.92. The first-order chi connectivity index (χ1) is 36.2. The van der Waals surface area contributed by atoms with Crippen molar-refractivity contribution in [3.8, 4) is 0 Å². The summed E-state index contributed by atoms with van der Waals surface area (Å²) in [5, 5.41) is 74.9. The number of carbonyl (C=O) groups excluding carboxylic acids is 3. The van der Waals surface area contributed by atoms with Crippen LogP contribution < -0.4 is 0 Å². The average Bonchev–Trinajstić information content (AvgIpc) is 4.10. The molecular formula is C45H40BrF12N9O12. The normalized spacial score (nSPS) is 13.8. The number of ketones is 3. The second-order valence-corrected chi connectivity index (χ2v) is 17.8. The Morgan fingerprint density at radius 2 is 0.848 bits per heavy atom. The molecule has 21 nitrogen and oxygen atoms in total. The number of nitrogens with zero attached hydrogens (tertiary/aromatic N) is 8. The van der Waals surface area contributed by atoms with Gasteiger partial charge in [-0.2, -0.15) is 54.8 Å². The van der Waals surface area contributed by atoms with Crippen LogP contribution in [0.2, 0.25) is 0 Å². The molecule has 0 amide bonds. The molecule has 0 unspecified atom stereocenters. The molecule has 6 aromatic rings. The Bertz CT molecular complexity index is 3000. The highest BCUT2D eigenvalue weighted by molar-refractivity contribution is 9.09. The van der Waals surface area contributed by atoms with Crippen LogP contribution in [0.3, 0.4) is 0 Å². The highest BCUT2D eigenvalue weighted by atomic mass is 79.9. The Kier molecular flexibility index (Phi) is 21.6. The van der Waals surface area contributed by atoms with Crippen molar-refractivity contribution in [3.63, 3.8) is 0 Å². The molecule has 0 spiro atoms. The molecule has 0 fully saturated rings. The Balaban J connectivity index is 0.000000296. The van der Waals surface area contributed by atoms with Gasteiger partial charge in [-0.3, -0.25) is 59.2 Å². The molecule has 428 valence electrons. The zero-order valence-corrected chi connectivity index (χ0v) is 42.0. The first kappa shape index (κ1) is 65.3. The summed E-state index contributed by atoms with van der Waals surface area (Å²) in [6, 6.07) is 6.65. The SMILES string of the molecule is C[C@](O)(CBr)C(=O)Cc1ccc([N+](=O)[O-])c(C(F)(F)F)c1.C[C@](O)(Cn1cc(F)cn1)C(=O)Cc1ccc([N+](=O)[O-])c(C(F)(F)F)c1.C[C@](O)(Cn1cc(F)cn1)C(=O)Cc1ccc([N+](=O)[O-])c(C(F)(F)F)c1.Fc1cn[nH]c1. The second kappa shape index (κ2) is 26.1. The van der Waals surface area contributed by atoms with Crippen molar-refractivity contribution >= 4 is 50.3 Å². The van der Waals surface area contributed by atoms with E-state index in [0.29, 0.717) is 36.4 Å². The summed E-state index contributed by atoms with van der Waals surface area (Å²) < 4.78 is 155. The van der Waals surface area contributed by atoms with Gasteiger partial charge >= 0.3 is 18.5 Å². The number of Topliss-reactive ketones (excluding diaryl/α,β-unsaturated/α-hetero) is 3. The molecule has 0 saturated heterocycles. The molecule has 0 bridgehead atoms. The first-order valence-electron chi connectivity index (χ1n) is 21.5. The predicted molar refractivity (Wildman–Crippen MR) is 249 cm³/mol. The lowest BCUT2D eigenvalue weighted by molar-refractivity contribution is -0.388. The number of aliphatic hydroxyl groups is 3. The standard InChI is InChI=1S/2C15H13F4N3O4.C12H11BrF3NO4.C3H3FN2/c2*1-14(24,8-21-7-10(16)6-20-21)13(23)5-9-2-3-12(22(25)26)11(4-9)15(17,18)19;1-11(19,6-13)10(18)5-7-2-3-9(17(20)21)8(4-7)12(14,15)16;4-3-1-5-6-2-3/h2*2-4,6-7,24H,5,8H2,1H3;2-4,19H,5-6H2,1H3;1-2H,(H,5,6)/t2*14-;11-;/m000./s1. The fourth-order valence-corrected chi connectivity index (χ4v) is 6.64. The number of alkyl halides is 10. The Labute approximate surface area is 443 Å². The number of H-pyrrole nitrogens is 1. The molecule has 3 aromatic heterocycles. The van der Waals surface area contributed by atoms with E-state index in [0.717, 1.165) is 72.4 Å². The molecule has 6 rings (SSSR count). The number of nitro benzene ring substituents is 3. The fourth-order valence-electron chi connectivity index (χ4n) is 6.33. The molecule has 0 radical (unpaired) electrons. The van der Waals surface area contributed by atoms with Gasteiger partial charge in [-0.15, -0.1) is 0 Å². The number of rotatable bonds is 17. The topological polar surface area (TPSA) is 306 Å². The molecule has 3 heterocycles. The number of benzene rings is 3. The number of aromatic nitrogens is 6. The summed E-state index contributed by atoms with van der Waals surface area (Å²) in [4.78, 5) is 64.8. The Morgan fingerprint density at radius 3 is 1.05 bits per heavy atom. The molecule has 4 N–H and O–H groups in total. The van der Waals surface area contributed by atoms with Gasteiger partial charge in [-0.25, -0.2) is 13.2 Å². The van der Waals surface area contributed by atoms with Gasteiger partial charge in [-0.05, 0) is 55.7 Å². The maximum atomic E-state index is 13.0. The molecule has 0 aliphatic rings. The van der Waals surface area contributed by atoms with Gasteiger partial charge in [0.15, 0.2) is 34.8 Å². The van der Waals surface area contributed by atoms with Crippen LogP contribution in [-0.4, -0.2) is 99.3 Å². The third-order valence-corrected chi connectivity index (χ3v) is 11.5. The predicted octanol–water partition coefficient (Wildman–Crippen LogP) is 8.44. The van der Waals surface area contributed by atoms with Gasteiger partial charge in [0.2, 0.25) is 0 Å². The number of hydrogen-bond acceptors (Lipinski definition) is 15. The van der Waals surface area contributed by atoms with Crippen LogP contribution >= 0.6 is 15.9 Å². The third-order valence-electron chi connectivity index (χ3n) is 10.5. The number of hydrogen-bond donors (Lipinski definition) is 4. The van der Waals surface area contributed by atoms with Crippen molar-refractivity contribution in [2.75, 3.05) is 5.33 Å². The van der Waals surface area contributed by atoms with Crippen LogP contribution in [-0.2, 0) is 65.3 Å². The molecule has 0 aliphatic heterocycles. The highest BCUT2D eigenvalue weighted by Crippen LogP contribution is 2.39. The molecule has 34 heteroatoms. The van der Waals surface area contributed by atoms with Crippen LogP contribution in [0.25, 0.3) is 0 Å². The van der Waals surface area contributed by atoms with Gasteiger partial charge in [0.25, 0.3) is 17.1 Å². The van der Waals surface area contributed by atoms with Crippen LogP contribution in [0.4, 0.5) is 69.7 Å². The van der Waals surface area contributed by atoms with Crippen molar-refractivity contribution in [3.05, 3.63) is 173 Å². The van der Waals surface area contributed by atoms with Gasteiger partial charge in [0.1, 0.15) is 33.5 Å². The van der Waals surface area contributed by atoms with E-state index >= 15 is 0 Å². The van der Waals surface area contributed by atoms with Crippen molar-refractivity contribution < 1.29 is 97.2 Å². The number of aromatic amines is 1. The van der Waals surface area contributed by atoms with E-state index in [4.69, 9.17) is 0 Å². The van der Waals surface area contributed by atoms with Gasteiger partial charge < -0.3 is 15.3 Å². The summed E-state index contributed by atoms with van der Waals surface area (Å²) in [5.74, 6) is -4.08. The van der Waals surface area contributed by atoms with Crippen molar-refractivity contribution in [1.82, 2.24) is 29.8 Å². The lowest BCUT2D eigenvalue weighted by atomic mass is 9.94. The van der Waals surface area contributed by atoms with E-state index < -0.39 is 145 Å². The van der Waals surface area contributed by atoms with Crippen LogP contribution in [0, 0.1) is 47.8 Å². The van der Waals surface area contributed by atoms with E-state index in [9.17, 15) is 113 Å². The minimum absolute atomic E-state index is 0.0563. The van der Waals surface area contributed by atoms with Crippen molar-refractivity contribution in [2.24, 2.45) is 0 Å². The molecule has 3 atom stereocenters. The van der Waals surface area contributed by atoms with E-state index in [1.165, 1.54) is 13.1 Å². The average molecular weight is 1210 g/mol. The van der Waals surface area contributed by atoms with E-state index in [1.54, 1.807) is 0 Å². The van der Waals surface area contributed by atoms with Gasteiger partial charge in [0, 0.05) is 42.8 Å². The highest BCUT2D eigenvalue weighted by Gasteiger charge is 2.42. The summed E-state index contributed by atoms with van der Waals surface area (Å²) in [6.07, 6.45) is -10.6. The molecule has 3 aromatic carbocycles. The molecule has 0 aliphatic carbocycles. The monoisotopic (exact) mass is 1210 g/mol.